The van der Waals surface area contributed by atoms with Crippen LogP contribution in [0.4, 0.5) is 4.39 Å². The summed E-state index contributed by atoms with van der Waals surface area (Å²) in [6.07, 6.45) is -0.147. The summed E-state index contributed by atoms with van der Waals surface area (Å²) in [4.78, 5) is 23.0. The number of ether oxygens (including phenoxy) is 1. The molecule has 0 aromatic heterocycles. The summed E-state index contributed by atoms with van der Waals surface area (Å²) in [5.74, 6) is -2.26. The first-order valence-corrected chi connectivity index (χ1v) is 6.13. The van der Waals surface area contributed by atoms with Crippen LogP contribution in [-0.2, 0) is 20.7 Å². The lowest BCUT2D eigenvalue weighted by Crippen LogP contribution is -2.55. The molecule has 110 valence electrons. The number of carbonyl (C=O) groups excluding carboxylic acids is 1. The number of benzene rings is 1. The van der Waals surface area contributed by atoms with Crippen molar-refractivity contribution in [3.05, 3.63) is 34.6 Å². The Bertz CT molecular complexity index is 523. The van der Waals surface area contributed by atoms with Crippen molar-refractivity contribution in [1.82, 2.24) is 5.32 Å². The van der Waals surface area contributed by atoms with Crippen molar-refractivity contribution in [3.8, 4) is 0 Å². The van der Waals surface area contributed by atoms with E-state index in [-0.39, 0.29) is 18.1 Å². The van der Waals surface area contributed by atoms with E-state index in [0.29, 0.717) is 5.56 Å². The molecule has 1 aromatic carbocycles. The number of carboxylic acid groups (broad SMARTS) is 1. The minimum absolute atomic E-state index is 0.115. The summed E-state index contributed by atoms with van der Waals surface area (Å²) >= 11 is 5.81. The van der Waals surface area contributed by atoms with Gasteiger partial charge in [-0.25, -0.2) is 9.18 Å². The average molecular weight is 304 g/mol. The van der Waals surface area contributed by atoms with Gasteiger partial charge in [-0.2, -0.15) is 0 Å². The molecule has 1 rings (SSSR count). The minimum Gasteiger partial charge on any atom is -0.479 e. The molecule has 1 unspecified atom stereocenters. The van der Waals surface area contributed by atoms with Gasteiger partial charge in [-0.1, -0.05) is 17.7 Å². The van der Waals surface area contributed by atoms with Crippen molar-refractivity contribution >= 4 is 23.5 Å². The van der Waals surface area contributed by atoms with Gasteiger partial charge in [0.1, 0.15) is 5.82 Å². The van der Waals surface area contributed by atoms with Gasteiger partial charge in [-0.3, -0.25) is 4.79 Å². The lowest BCUT2D eigenvalue weighted by atomic mass is 10.0. The van der Waals surface area contributed by atoms with Gasteiger partial charge in [-0.15, -0.1) is 0 Å². The molecular formula is C13H15ClFNO4. The lowest BCUT2D eigenvalue weighted by Gasteiger charge is -2.25. The summed E-state index contributed by atoms with van der Waals surface area (Å²) in [7, 11) is 1.34. The van der Waals surface area contributed by atoms with Gasteiger partial charge in [0.2, 0.25) is 5.91 Å². The second-order valence-corrected chi connectivity index (χ2v) is 4.94. The second kappa shape index (κ2) is 6.67. The average Bonchev–Trinajstić information content (AvgIpc) is 2.32. The normalized spacial score (nSPS) is 13.6. The first kappa shape index (κ1) is 16.4. The summed E-state index contributed by atoms with van der Waals surface area (Å²) in [6, 6.07) is 3.65. The Morgan fingerprint density at radius 2 is 2.15 bits per heavy atom. The summed E-state index contributed by atoms with van der Waals surface area (Å²) in [5, 5.41) is 11.6. The van der Waals surface area contributed by atoms with E-state index in [1.807, 2.05) is 0 Å². The largest absolute Gasteiger partial charge is 0.479 e. The van der Waals surface area contributed by atoms with Crippen molar-refractivity contribution in [2.75, 3.05) is 13.7 Å². The van der Waals surface area contributed by atoms with Crippen LogP contribution in [0.5, 0.6) is 0 Å². The van der Waals surface area contributed by atoms with E-state index < -0.39 is 23.2 Å². The van der Waals surface area contributed by atoms with Crippen LogP contribution in [0, 0.1) is 5.82 Å². The highest BCUT2D eigenvalue weighted by Gasteiger charge is 2.34. The Morgan fingerprint density at radius 1 is 1.50 bits per heavy atom. The molecule has 20 heavy (non-hydrogen) atoms. The molecule has 1 aromatic rings. The van der Waals surface area contributed by atoms with Crippen LogP contribution in [0.15, 0.2) is 18.2 Å². The van der Waals surface area contributed by atoms with Crippen LogP contribution in [0.1, 0.15) is 12.5 Å². The fraction of sp³-hybridized carbons (Fsp3) is 0.385. The van der Waals surface area contributed by atoms with Crippen LogP contribution >= 0.6 is 11.6 Å². The SMILES string of the molecule is COCC(C)(NC(=O)Cc1ccc(F)cc1Cl)C(=O)O. The van der Waals surface area contributed by atoms with E-state index in [4.69, 9.17) is 21.4 Å². The van der Waals surface area contributed by atoms with Crippen molar-refractivity contribution < 1.29 is 23.8 Å². The summed E-state index contributed by atoms with van der Waals surface area (Å²) < 4.78 is 17.7. The van der Waals surface area contributed by atoms with Gasteiger partial charge in [-0.05, 0) is 24.6 Å². The maximum absolute atomic E-state index is 12.9. The third-order valence-electron chi connectivity index (χ3n) is 2.69. The van der Waals surface area contributed by atoms with Crippen LogP contribution < -0.4 is 5.32 Å². The number of carbonyl (C=O) groups is 2. The fourth-order valence-electron chi connectivity index (χ4n) is 1.63. The Morgan fingerprint density at radius 3 is 2.65 bits per heavy atom. The van der Waals surface area contributed by atoms with Crippen molar-refractivity contribution in [3.63, 3.8) is 0 Å². The zero-order valence-electron chi connectivity index (χ0n) is 11.1. The van der Waals surface area contributed by atoms with Gasteiger partial charge < -0.3 is 15.2 Å². The molecule has 0 aliphatic carbocycles. The van der Waals surface area contributed by atoms with Crippen molar-refractivity contribution in [1.29, 1.82) is 0 Å². The maximum Gasteiger partial charge on any atom is 0.331 e. The number of halogens is 2. The number of methoxy groups -OCH3 is 1. The monoisotopic (exact) mass is 303 g/mol. The van der Waals surface area contributed by atoms with Crippen LogP contribution in [0.2, 0.25) is 5.02 Å². The molecule has 0 aliphatic rings. The number of amides is 1. The smallest absolute Gasteiger partial charge is 0.331 e. The third-order valence-corrected chi connectivity index (χ3v) is 3.04. The number of nitrogens with one attached hydrogen (secondary N) is 1. The molecule has 0 saturated carbocycles. The quantitative estimate of drug-likeness (QED) is 0.837. The molecule has 0 heterocycles. The minimum atomic E-state index is -1.53. The highest BCUT2D eigenvalue weighted by atomic mass is 35.5. The Balaban J connectivity index is 2.78. The first-order chi connectivity index (χ1) is 9.28. The van der Waals surface area contributed by atoms with E-state index in [1.165, 1.54) is 26.2 Å². The standard InChI is InChI=1S/C13H15ClFNO4/c1-13(7-20-2,12(18)19)16-11(17)5-8-3-4-9(15)6-10(8)14/h3-4,6H,5,7H2,1-2H3,(H,16,17)(H,18,19). The molecule has 0 radical (unpaired) electrons. The lowest BCUT2D eigenvalue weighted by molar-refractivity contribution is -0.149. The predicted octanol–water partition coefficient (Wildman–Crippen LogP) is 1.63. The van der Waals surface area contributed by atoms with Crippen LogP contribution in [0.3, 0.4) is 0 Å². The highest BCUT2D eigenvalue weighted by Crippen LogP contribution is 2.18. The molecule has 0 spiro atoms. The third kappa shape index (κ3) is 4.18. The molecule has 0 aliphatic heterocycles. The Kier molecular flexibility index (Phi) is 5.47. The zero-order valence-corrected chi connectivity index (χ0v) is 11.8. The number of rotatable bonds is 6. The topological polar surface area (TPSA) is 75.6 Å². The van der Waals surface area contributed by atoms with E-state index >= 15 is 0 Å². The predicted molar refractivity (Wildman–Crippen MR) is 71.2 cm³/mol. The van der Waals surface area contributed by atoms with Crippen molar-refractivity contribution in [2.45, 2.75) is 18.9 Å². The first-order valence-electron chi connectivity index (χ1n) is 5.76. The Labute approximate surface area is 120 Å². The molecular weight excluding hydrogens is 289 g/mol. The van der Waals surface area contributed by atoms with Crippen molar-refractivity contribution in [2.24, 2.45) is 0 Å². The second-order valence-electron chi connectivity index (χ2n) is 4.53. The van der Waals surface area contributed by atoms with E-state index in [1.54, 1.807) is 0 Å². The van der Waals surface area contributed by atoms with Gasteiger partial charge >= 0.3 is 5.97 Å². The van der Waals surface area contributed by atoms with Gasteiger partial charge in [0, 0.05) is 12.1 Å². The molecule has 0 bridgehead atoms. The molecule has 0 fully saturated rings. The summed E-state index contributed by atoms with van der Waals surface area (Å²) in [5.41, 5.74) is -1.12. The van der Waals surface area contributed by atoms with Gasteiger partial charge in [0.25, 0.3) is 0 Å². The molecule has 7 heteroatoms. The maximum atomic E-state index is 12.9. The molecule has 2 N–H and O–H groups in total. The number of aliphatic carboxylic acids is 1. The fourth-order valence-corrected chi connectivity index (χ4v) is 1.86. The molecule has 5 nitrogen and oxygen atoms in total. The number of hydrogen-bond donors (Lipinski definition) is 2. The highest BCUT2D eigenvalue weighted by molar-refractivity contribution is 6.31. The molecule has 0 saturated heterocycles. The van der Waals surface area contributed by atoms with E-state index in [9.17, 15) is 14.0 Å². The van der Waals surface area contributed by atoms with Crippen LogP contribution in [-0.4, -0.2) is 36.2 Å². The Hall–Kier alpha value is -1.66. The summed E-state index contributed by atoms with van der Waals surface area (Å²) in [6.45, 7) is 1.16. The zero-order chi connectivity index (χ0) is 15.3. The number of hydrogen-bond acceptors (Lipinski definition) is 3. The van der Waals surface area contributed by atoms with Gasteiger partial charge in [0.15, 0.2) is 5.54 Å². The molecule has 1 atom stereocenters. The van der Waals surface area contributed by atoms with E-state index in [2.05, 4.69) is 5.32 Å². The number of carboxylic acids is 1. The van der Waals surface area contributed by atoms with Crippen LogP contribution in [0.25, 0.3) is 0 Å². The molecule has 1 amide bonds. The van der Waals surface area contributed by atoms with E-state index in [0.717, 1.165) is 6.07 Å². The van der Waals surface area contributed by atoms with Gasteiger partial charge in [0.05, 0.1) is 13.0 Å².